The molecule has 0 atom stereocenters. The van der Waals surface area contributed by atoms with Crippen LogP contribution in [-0.4, -0.2) is 47.1 Å². The second-order valence-electron chi connectivity index (χ2n) is 2.54. The smallest absolute Gasteiger partial charge is 0.194 e. The van der Waals surface area contributed by atoms with Crippen LogP contribution in [0.1, 0.15) is 12.8 Å². The highest BCUT2D eigenvalue weighted by Gasteiger charge is 2.03. The van der Waals surface area contributed by atoms with Gasteiger partial charge in [0, 0.05) is 30.7 Å². The van der Waals surface area contributed by atoms with E-state index in [0.717, 1.165) is 7.05 Å². The van der Waals surface area contributed by atoms with E-state index in [1.807, 2.05) is 0 Å². The second kappa shape index (κ2) is 11.3. The normalized spacial score (nSPS) is 9.31. The van der Waals surface area contributed by atoms with Crippen LogP contribution in [0, 0.1) is 16.0 Å². The molecule has 0 aromatic carbocycles. The second-order valence-corrected chi connectivity index (χ2v) is 2.54. The van der Waals surface area contributed by atoms with Gasteiger partial charge >= 0.3 is 0 Å². The topological polar surface area (TPSA) is 104 Å². The third-order valence-electron chi connectivity index (χ3n) is 1.29. The Bertz CT molecular complexity index is 111. The van der Waals surface area contributed by atoms with Crippen LogP contribution in [0.4, 0.5) is 0 Å². The van der Waals surface area contributed by atoms with Crippen molar-refractivity contribution in [3.63, 3.8) is 0 Å². The Morgan fingerprint density at radius 1 is 1.31 bits per heavy atom. The summed E-state index contributed by atoms with van der Waals surface area (Å²) >= 11 is 0. The van der Waals surface area contributed by atoms with Crippen molar-refractivity contribution in [2.45, 2.75) is 12.8 Å². The zero-order valence-corrected chi connectivity index (χ0v) is 7.72. The first-order valence-electron chi connectivity index (χ1n) is 3.99. The third-order valence-corrected chi connectivity index (χ3v) is 1.29. The number of nitrogens with zero attached hydrogens (tertiary/aromatic N) is 1. The number of hydrogen-bond donors (Lipinski definition) is 3. The van der Waals surface area contributed by atoms with Gasteiger partial charge in [-0.2, -0.15) is 0 Å². The van der Waals surface area contributed by atoms with Gasteiger partial charge in [0.2, 0.25) is 0 Å². The van der Waals surface area contributed by atoms with E-state index in [1.165, 1.54) is 0 Å². The molecule has 6 nitrogen and oxygen atoms in total. The highest BCUT2D eigenvalue weighted by molar-refractivity contribution is 4.53. The summed E-state index contributed by atoms with van der Waals surface area (Å²) in [6.07, 6.45) is 1.36. The van der Waals surface area contributed by atoms with Gasteiger partial charge in [0.25, 0.3) is 0 Å². The maximum absolute atomic E-state index is 8.81. The lowest BCUT2D eigenvalue weighted by atomic mass is 10.1. The van der Waals surface area contributed by atoms with Crippen LogP contribution >= 0.6 is 0 Å². The molecule has 6 heteroatoms. The SMILES string of the molecule is C[N+](=O)[O-].OCCCC(CO)CO. The molecule has 0 fully saturated rings. The van der Waals surface area contributed by atoms with Crippen molar-refractivity contribution in [1.82, 2.24) is 0 Å². The van der Waals surface area contributed by atoms with Crippen LogP contribution in [0.2, 0.25) is 0 Å². The molecule has 0 aromatic rings. The van der Waals surface area contributed by atoms with Gasteiger partial charge in [-0.1, -0.05) is 0 Å². The zero-order chi connectivity index (χ0) is 10.7. The van der Waals surface area contributed by atoms with E-state index in [1.54, 1.807) is 0 Å². The predicted molar refractivity (Wildman–Crippen MR) is 46.9 cm³/mol. The van der Waals surface area contributed by atoms with Crippen LogP contribution in [0.5, 0.6) is 0 Å². The van der Waals surface area contributed by atoms with E-state index in [2.05, 4.69) is 0 Å². The fourth-order valence-electron chi connectivity index (χ4n) is 0.620. The van der Waals surface area contributed by atoms with Gasteiger partial charge in [-0.3, -0.25) is 10.1 Å². The van der Waals surface area contributed by atoms with E-state index in [-0.39, 0.29) is 25.7 Å². The third kappa shape index (κ3) is 18.3. The summed E-state index contributed by atoms with van der Waals surface area (Å²) in [5.74, 6) is -0.0443. The Kier molecular flexibility index (Phi) is 12.8. The highest BCUT2D eigenvalue weighted by atomic mass is 16.6. The predicted octanol–water partition coefficient (Wildman–Crippen LogP) is -0.747. The summed E-state index contributed by atoms with van der Waals surface area (Å²) in [6.45, 7) is 0.156. The molecule has 0 spiro atoms. The van der Waals surface area contributed by atoms with Crippen molar-refractivity contribution < 1.29 is 20.2 Å². The molecule has 0 aliphatic carbocycles. The maximum Gasteiger partial charge on any atom is 0.194 e. The molecule has 3 N–H and O–H groups in total. The van der Waals surface area contributed by atoms with Crippen LogP contribution in [-0.2, 0) is 0 Å². The van der Waals surface area contributed by atoms with E-state index < -0.39 is 4.92 Å². The zero-order valence-electron chi connectivity index (χ0n) is 7.72. The summed E-state index contributed by atoms with van der Waals surface area (Å²) in [7, 11) is 0.889. The Balaban J connectivity index is 0. The van der Waals surface area contributed by atoms with Crippen LogP contribution in [0.15, 0.2) is 0 Å². The molecule has 0 saturated carbocycles. The van der Waals surface area contributed by atoms with E-state index in [0.29, 0.717) is 12.8 Å². The molecule has 0 bridgehead atoms. The van der Waals surface area contributed by atoms with E-state index >= 15 is 0 Å². The molecular weight excluding hydrogens is 178 g/mol. The van der Waals surface area contributed by atoms with Crippen molar-refractivity contribution in [3.05, 3.63) is 10.1 Å². The lowest BCUT2D eigenvalue weighted by Gasteiger charge is -2.07. The van der Waals surface area contributed by atoms with Crippen molar-refractivity contribution in [2.75, 3.05) is 26.9 Å². The molecule has 0 aromatic heterocycles. The average molecular weight is 195 g/mol. The molecule has 0 rings (SSSR count). The Morgan fingerprint density at radius 2 is 1.69 bits per heavy atom. The van der Waals surface area contributed by atoms with Gasteiger partial charge < -0.3 is 15.3 Å². The van der Waals surface area contributed by atoms with Crippen LogP contribution < -0.4 is 0 Å². The molecule has 80 valence electrons. The summed E-state index contributed by atoms with van der Waals surface area (Å²) in [5, 5.41) is 34.2. The van der Waals surface area contributed by atoms with Crippen molar-refractivity contribution in [1.29, 1.82) is 0 Å². The number of rotatable bonds is 5. The molecule has 0 unspecified atom stereocenters. The summed E-state index contributed by atoms with van der Waals surface area (Å²) < 4.78 is 0. The Morgan fingerprint density at radius 3 is 1.92 bits per heavy atom. The molecule has 13 heavy (non-hydrogen) atoms. The number of aliphatic hydroxyl groups is 3. The Hall–Kier alpha value is -0.720. The standard InChI is InChI=1S/C6H14O3.CH3NO2/c7-3-1-2-6(4-8)5-9;1-2(3)4/h6-9H,1-5H2;1H3. The molecule has 0 heterocycles. The minimum atomic E-state index is -0.500. The monoisotopic (exact) mass is 195 g/mol. The van der Waals surface area contributed by atoms with Gasteiger partial charge in [-0.25, -0.2) is 0 Å². The summed E-state index contributed by atoms with van der Waals surface area (Å²) in [4.78, 5) is 8.31. The quantitative estimate of drug-likeness (QED) is 0.395. The van der Waals surface area contributed by atoms with Gasteiger partial charge in [0.1, 0.15) is 0 Å². The van der Waals surface area contributed by atoms with E-state index in [4.69, 9.17) is 25.4 Å². The van der Waals surface area contributed by atoms with Gasteiger partial charge in [-0.05, 0) is 12.8 Å². The number of nitro groups is 1. The van der Waals surface area contributed by atoms with Crippen molar-refractivity contribution in [2.24, 2.45) is 5.92 Å². The molecule has 0 radical (unpaired) electrons. The largest absolute Gasteiger partial charge is 0.396 e. The first kappa shape index (κ1) is 14.8. The van der Waals surface area contributed by atoms with Crippen LogP contribution in [0.3, 0.4) is 0 Å². The summed E-state index contributed by atoms with van der Waals surface area (Å²) in [5.41, 5.74) is 0. The summed E-state index contributed by atoms with van der Waals surface area (Å²) in [6, 6.07) is 0. The van der Waals surface area contributed by atoms with Gasteiger partial charge in [-0.15, -0.1) is 0 Å². The molecule has 0 amide bonds. The van der Waals surface area contributed by atoms with Crippen molar-refractivity contribution in [3.8, 4) is 0 Å². The molecule has 0 aliphatic rings. The lowest BCUT2D eigenvalue weighted by molar-refractivity contribution is -0.445. The minimum absolute atomic E-state index is 0.0104. The maximum atomic E-state index is 8.81. The van der Waals surface area contributed by atoms with Crippen LogP contribution in [0.25, 0.3) is 0 Å². The first-order valence-corrected chi connectivity index (χ1v) is 3.99. The average Bonchev–Trinajstić information content (AvgIpc) is 2.06. The first-order chi connectivity index (χ1) is 6.08. The van der Waals surface area contributed by atoms with E-state index in [9.17, 15) is 0 Å². The molecule has 0 saturated heterocycles. The molecular formula is C7H17NO5. The Labute approximate surface area is 77.0 Å². The number of aliphatic hydroxyl groups excluding tert-OH is 3. The fraction of sp³-hybridized carbons (Fsp3) is 1.00. The highest BCUT2D eigenvalue weighted by Crippen LogP contribution is 2.02. The fourth-order valence-corrected chi connectivity index (χ4v) is 0.620. The minimum Gasteiger partial charge on any atom is -0.396 e. The van der Waals surface area contributed by atoms with Gasteiger partial charge in [0.15, 0.2) is 7.05 Å². The van der Waals surface area contributed by atoms with Crippen molar-refractivity contribution >= 4 is 0 Å². The number of hydrogen-bond acceptors (Lipinski definition) is 5. The lowest BCUT2D eigenvalue weighted by Crippen LogP contribution is -2.11. The molecule has 0 aliphatic heterocycles. The van der Waals surface area contributed by atoms with Gasteiger partial charge in [0.05, 0.1) is 0 Å².